The van der Waals surface area contributed by atoms with E-state index in [1.54, 1.807) is 13.8 Å². The number of aromatic nitrogens is 3. The number of nitrogens with one attached hydrogen (secondary N) is 1. The summed E-state index contributed by atoms with van der Waals surface area (Å²) in [7, 11) is 0. The van der Waals surface area contributed by atoms with Gasteiger partial charge in [-0.3, -0.25) is 4.99 Å². The molecule has 10 heteroatoms. The Morgan fingerprint density at radius 1 is 1.10 bits per heavy atom. The molecule has 1 aliphatic rings. The molecule has 0 saturated carbocycles. The smallest absolute Gasteiger partial charge is 0.258 e. The van der Waals surface area contributed by atoms with Crippen LogP contribution in [0.25, 0.3) is 5.57 Å². The minimum Gasteiger partial charge on any atom is -0.342 e. The van der Waals surface area contributed by atoms with E-state index >= 15 is 0 Å². The van der Waals surface area contributed by atoms with Crippen molar-refractivity contribution in [3.8, 4) is 0 Å². The van der Waals surface area contributed by atoms with Crippen LogP contribution in [0.3, 0.4) is 0 Å². The van der Waals surface area contributed by atoms with Crippen LogP contribution in [0.5, 0.6) is 0 Å². The summed E-state index contributed by atoms with van der Waals surface area (Å²) in [6.45, 7) is 3.36. The zero-order chi connectivity index (χ0) is 20.7. The van der Waals surface area contributed by atoms with Crippen LogP contribution in [0.1, 0.15) is 35.9 Å². The molecule has 1 aromatic carbocycles. The molecule has 0 spiro atoms. The second kappa shape index (κ2) is 7.32. The maximum Gasteiger partial charge on any atom is 0.258 e. The summed E-state index contributed by atoms with van der Waals surface area (Å²) in [5, 5.41) is 6.85. The van der Waals surface area contributed by atoms with Gasteiger partial charge in [0, 0.05) is 22.3 Å². The fourth-order valence-electron chi connectivity index (χ4n) is 3.02. The Morgan fingerprint density at radius 3 is 2.55 bits per heavy atom. The standard InChI is InChI=1S/C19H13ClF3N5O/c1-8-15(19-26-9(2)28-29-19)16(12-4-3-10(21)5-13(12)20)27-18(25-8)17-14(23)6-11(22)7-24-17/h3-7,16H,1-2H3,(H,25,27). The molecule has 3 heterocycles. The molecule has 0 radical (unpaired) electrons. The second-order valence-corrected chi connectivity index (χ2v) is 6.75. The Hall–Kier alpha value is -3.20. The molecule has 0 amide bonds. The van der Waals surface area contributed by atoms with Gasteiger partial charge in [0.2, 0.25) is 0 Å². The minimum atomic E-state index is -0.884. The number of allylic oxidation sites excluding steroid dienone is 1. The monoisotopic (exact) mass is 419 g/mol. The molecule has 0 bridgehead atoms. The zero-order valence-electron chi connectivity index (χ0n) is 15.2. The number of benzene rings is 1. The number of rotatable bonds is 3. The number of hydrogen-bond acceptors (Lipinski definition) is 6. The maximum absolute atomic E-state index is 14.3. The molecule has 1 N–H and O–H groups in total. The molecular weight excluding hydrogens is 407 g/mol. The van der Waals surface area contributed by atoms with Crippen LogP contribution in [0.4, 0.5) is 13.2 Å². The van der Waals surface area contributed by atoms with Crippen molar-refractivity contribution < 1.29 is 17.7 Å². The quantitative estimate of drug-likeness (QED) is 0.682. The molecular formula is C19H13ClF3N5O. The summed E-state index contributed by atoms with van der Waals surface area (Å²) < 4.78 is 46.4. The SMILES string of the molecule is CC1=C(c2nc(C)no2)C(c2ccc(F)cc2Cl)N=C(c2ncc(F)cc2F)N1. The van der Waals surface area contributed by atoms with Gasteiger partial charge in [0.25, 0.3) is 5.89 Å². The molecule has 0 aliphatic carbocycles. The number of nitrogens with zero attached hydrogens (tertiary/aromatic N) is 4. The predicted molar refractivity (Wildman–Crippen MR) is 99.6 cm³/mol. The molecule has 0 saturated heterocycles. The van der Waals surface area contributed by atoms with E-state index in [2.05, 4.69) is 25.4 Å². The van der Waals surface area contributed by atoms with Gasteiger partial charge in [-0.25, -0.2) is 18.2 Å². The van der Waals surface area contributed by atoms with E-state index in [4.69, 9.17) is 16.1 Å². The van der Waals surface area contributed by atoms with Crippen LogP contribution in [0.15, 0.2) is 45.7 Å². The van der Waals surface area contributed by atoms with Gasteiger partial charge < -0.3 is 9.84 Å². The lowest BCUT2D eigenvalue weighted by molar-refractivity contribution is 0.399. The van der Waals surface area contributed by atoms with Crippen molar-refractivity contribution in [2.45, 2.75) is 19.9 Å². The van der Waals surface area contributed by atoms with Gasteiger partial charge in [-0.1, -0.05) is 22.8 Å². The third-order valence-electron chi connectivity index (χ3n) is 4.29. The van der Waals surface area contributed by atoms with Crippen molar-refractivity contribution in [3.63, 3.8) is 0 Å². The largest absolute Gasteiger partial charge is 0.342 e. The topological polar surface area (TPSA) is 76.2 Å². The summed E-state index contributed by atoms with van der Waals surface area (Å²) >= 11 is 6.26. The summed E-state index contributed by atoms with van der Waals surface area (Å²) in [6, 6.07) is 3.76. The first-order valence-corrected chi connectivity index (χ1v) is 8.84. The fraction of sp³-hybridized carbons (Fsp3) is 0.158. The van der Waals surface area contributed by atoms with E-state index in [1.807, 2.05) is 0 Å². The summed E-state index contributed by atoms with van der Waals surface area (Å²) in [5.41, 5.74) is 1.29. The highest BCUT2D eigenvalue weighted by atomic mass is 35.5. The number of hydrogen-bond donors (Lipinski definition) is 1. The third kappa shape index (κ3) is 3.61. The Morgan fingerprint density at radius 2 is 1.90 bits per heavy atom. The van der Waals surface area contributed by atoms with Gasteiger partial charge in [-0.2, -0.15) is 4.98 Å². The van der Waals surface area contributed by atoms with E-state index < -0.39 is 23.5 Å². The number of amidine groups is 1. The normalized spacial score (nSPS) is 16.6. The Balaban J connectivity index is 1.89. The molecule has 1 aliphatic heterocycles. The van der Waals surface area contributed by atoms with Crippen molar-refractivity contribution in [2.24, 2.45) is 4.99 Å². The van der Waals surface area contributed by atoms with Crippen molar-refractivity contribution in [1.82, 2.24) is 20.4 Å². The first-order chi connectivity index (χ1) is 13.8. The molecule has 6 nitrogen and oxygen atoms in total. The average molecular weight is 420 g/mol. The van der Waals surface area contributed by atoms with Crippen molar-refractivity contribution in [1.29, 1.82) is 0 Å². The van der Waals surface area contributed by atoms with Gasteiger partial charge in [0.15, 0.2) is 17.5 Å². The molecule has 148 valence electrons. The second-order valence-electron chi connectivity index (χ2n) is 6.34. The first-order valence-electron chi connectivity index (χ1n) is 8.46. The lowest BCUT2D eigenvalue weighted by Gasteiger charge is -2.26. The lowest BCUT2D eigenvalue weighted by Crippen LogP contribution is -2.31. The van der Waals surface area contributed by atoms with Crippen LogP contribution < -0.4 is 5.32 Å². The van der Waals surface area contributed by atoms with Gasteiger partial charge in [-0.05, 0) is 26.0 Å². The Labute approximate surface area is 168 Å². The third-order valence-corrected chi connectivity index (χ3v) is 4.62. The average Bonchev–Trinajstić information content (AvgIpc) is 3.07. The van der Waals surface area contributed by atoms with E-state index in [-0.39, 0.29) is 22.4 Å². The molecule has 29 heavy (non-hydrogen) atoms. The van der Waals surface area contributed by atoms with Gasteiger partial charge in [0.1, 0.15) is 23.4 Å². The molecule has 2 aromatic heterocycles. The van der Waals surface area contributed by atoms with Crippen LogP contribution in [0, 0.1) is 24.4 Å². The fourth-order valence-corrected chi connectivity index (χ4v) is 3.29. The van der Waals surface area contributed by atoms with E-state index in [9.17, 15) is 13.2 Å². The summed E-state index contributed by atoms with van der Waals surface area (Å²) in [6.07, 6.45) is 0.887. The highest BCUT2D eigenvalue weighted by Crippen LogP contribution is 2.40. The molecule has 1 atom stereocenters. The zero-order valence-corrected chi connectivity index (χ0v) is 15.9. The van der Waals surface area contributed by atoms with Gasteiger partial charge in [-0.15, -0.1) is 0 Å². The van der Waals surface area contributed by atoms with Crippen molar-refractivity contribution in [2.75, 3.05) is 0 Å². The first kappa shape index (κ1) is 19.1. The number of aryl methyl sites for hydroxylation is 1. The van der Waals surface area contributed by atoms with Gasteiger partial charge >= 0.3 is 0 Å². The van der Waals surface area contributed by atoms with Crippen molar-refractivity contribution in [3.05, 3.63) is 81.6 Å². The van der Waals surface area contributed by atoms with Crippen LogP contribution >= 0.6 is 11.6 Å². The number of aliphatic imine (C=N–C) groups is 1. The number of pyridine rings is 1. The summed E-state index contributed by atoms with van der Waals surface area (Å²) in [4.78, 5) is 12.5. The minimum absolute atomic E-state index is 0.0605. The van der Waals surface area contributed by atoms with E-state index in [0.29, 0.717) is 28.7 Å². The van der Waals surface area contributed by atoms with E-state index in [1.165, 1.54) is 12.1 Å². The van der Waals surface area contributed by atoms with Crippen LogP contribution in [-0.4, -0.2) is 21.0 Å². The highest BCUT2D eigenvalue weighted by molar-refractivity contribution is 6.31. The highest BCUT2D eigenvalue weighted by Gasteiger charge is 2.32. The van der Waals surface area contributed by atoms with Crippen molar-refractivity contribution >= 4 is 23.0 Å². The van der Waals surface area contributed by atoms with E-state index in [0.717, 1.165) is 12.3 Å². The van der Waals surface area contributed by atoms with Crippen LogP contribution in [0.2, 0.25) is 5.02 Å². The molecule has 4 rings (SSSR count). The molecule has 1 unspecified atom stereocenters. The Bertz CT molecular complexity index is 1170. The molecule has 0 fully saturated rings. The summed E-state index contributed by atoms with van der Waals surface area (Å²) in [5.74, 6) is -1.55. The lowest BCUT2D eigenvalue weighted by atomic mass is 9.95. The number of halogens is 4. The molecule has 3 aromatic rings. The van der Waals surface area contributed by atoms with Gasteiger partial charge in [0.05, 0.1) is 11.8 Å². The van der Waals surface area contributed by atoms with Crippen LogP contribution in [-0.2, 0) is 0 Å². The predicted octanol–water partition coefficient (Wildman–Crippen LogP) is 4.37. The maximum atomic E-state index is 14.3. The Kier molecular flexibility index (Phi) is 4.83.